The lowest BCUT2D eigenvalue weighted by atomic mass is 9.91. The molecular formula is C14H18O4. The van der Waals surface area contributed by atoms with Crippen LogP contribution in [0.15, 0.2) is 24.3 Å². The molecule has 2 atom stereocenters. The van der Waals surface area contributed by atoms with Crippen LogP contribution in [0.5, 0.6) is 5.75 Å². The molecule has 18 heavy (non-hydrogen) atoms. The number of ether oxygens (including phenoxy) is 2. The number of hydrogen-bond acceptors (Lipinski definition) is 4. The van der Waals surface area contributed by atoms with Gasteiger partial charge in [0.15, 0.2) is 0 Å². The maximum absolute atomic E-state index is 11.7. The molecule has 1 aromatic rings. The highest BCUT2D eigenvalue weighted by molar-refractivity contribution is 5.81. The molecule has 0 bridgehead atoms. The highest BCUT2D eigenvalue weighted by Crippen LogP contribution is 2.26. The van der Waals surface area contributed by atoms with Crippen molar-refractivity contribution in [2.45, 2.75) is 18.9 Å². The van der Waals surface area contributed by atoms with Gasteiger partial charge in [-0.2, -0.15) is 0 Å². The van der Waals surface area contributed by atoms with Gasteiger partial charge < -0.3 is 14.6 Å². The number of rotatable bonds is 4. The third-order valence-corrected chi connectivity index (χ3v) is 3.25. The Kier molecular flexibility index (Phi) is 4.33. The van der Waals surface area contributed by atoms with Crippen molar-refractivity contribution in [3.8, 4) is 5.75 Å². The summed E-state index contributed by atoms with van der Waals surface area (Å²) in [5.74, 6) is 0.695. The number of methoxy groups -OCH3 is 1. The zero-order chi connectivity index (χ0) is 13.0. The van der Waals surface area contributed by atoms with Gasteiger partial charge in [0, 0.05) is 12.3 Å². The van der Waals surface area contributed by atoms with Crippen LogP contribution in [-0.4, -0.2) is 31.2 Å². The van der Waals surface area contributed by atoms with Gasteiger partial charge in [-0.05, 0) is 24.1 Å². The molecule has 1 heterocycles. The molecule has 0 aliphatic carbocycles. The van der Waals surface area contributed by atoms with Crippen LogP contribution in [0.2, 0.25) is 0 Å². The molecule has 1 aliphatic heterocycles. The maximum Gasteiger partial charge on any atom is 0.140 e. The van der Waals surface area contributed by atoms with Crippen LogP contribution in [0.3, 0.4) is 0 Å². The zero-order valence-electron chi connectivity index (χ0n) is 10.5. The van der Waals surface area contributed by atoms with Crippen molar-refractivity contribution < 1.29 is 19.4 Å². The first-order valence-corrected chi connectivity index (χ1v) is 6.13. The van der Waals surface area contributed by atoms with E-state index in [1.54, 1.807) is 13.2 Å². The molecule has 1 fully saturated rings. The fourth-order valence-electron chi connectivity index (χ4n) is 2.15. The van der Waals surface area contributed by atoms with Gasteiger partial charge in [0.1, 0.15) is 11.5 Å². The Balaban J connectivity index is 2.01. The second kappa shape index (κ2) is 5.98. The van der Waals surface area contributed by atoms with Gasteiger partial charge in [0.05, 0.1) is 26.4 Å². The Bertz CT molecular complexity index is 416. The first-order chi connectivity index (χ1) is 8.70. The molecular weight excluding hydrogens is 232 g/mol. The summed E-state index contributed by atoms with van der Waals surface area (Å²) in [7, 11) is 1.59. The molecule has 4 heteroatoms. The Morgan fingerprint density at radius 2 is 2.39 bits per heavy atom. The van der Waals surface area contributed by atoms with Crippen LogP contribution in [0.25, 0.3) is 0 Å². The summed E-state index contributed by atoms with van der Waals surface area (Å²) in [5, 5.41) is 10.1. The van der Waals surface area contributed by atoms with Crippen LogP contribution in [0.1, 0.15) is 24.5 Å². The van der Waals surface area contributed by atoms with Crippen molar-refractivity contribution >= 4 is 5.78 Å². The molecule has 1 saturated heterocycles. The summed E-state index contributed by atoms with van der Waals surface area (Å²) in [4.78, 5) is 11.7. The minimum atomic E-state index is -0.657. The molecule has 0 aromatic heterocycles. The van der Waals surface area contributed by atoms with E-state index in [0.717, 1.165) is 5.56 Å². The number of ketones is 1. The van der Waals surface area contributed by atoms with Crippen LogP contribution in [0.4, 0.5) is 0 Å². The lowest BCUT2D eigenvalue weighted by Gasteiger charge is -2.23. The second-order valence-electron chi connectivity index (χ2n) is 4.52. The van der Waals surface area contributed by atoms with Crippen LogP contribution < -0.4 is 4.74 Å². The summed E-state index contributed by atoms with van der Waals surface area (Å²) in [6.45, 7) is 0.921. The molecule has 0 radical (unpaired) electrons. The lowest BCUT2D eigenvalue weighted by molar-refractivity contribution is -0.131. The number of benzene rings is 1. The Morgan fingerprint density at radius 3 is 3.11 bits per heavy atom. The predicted octanol–water partition coefficient (Wildman–Crippen LogP) is 1.72. The van der Waals surface area contributed by atoms with E-state index < -0.39 is 6.10 Å². The zero-order valence-corrected chi connectivity index (χ0v) is 10.5. The second-order valence-corrected chi connectivity index (χ2v) is 4.52. The number of hydrogen-bond donors (Lipinski definition) is 1. The van der Waals surface area contributed by atoms with Gasteiger partial charge in [0.2, 0.25) is 0 Å². The SMILES string of the molecule is COc1cccc(C(O)CC2COCCC2=O)c1. The lowest BCUT2D eigenvalue weighted by Crippen LogP contribution is -2.28. The number of carbonyl (C=O) groups is 1. The molecule has 0 spiro atoms. The standard InChI is InChI=1S/C14H18O4/c1-17-12-4-2-3-10(7-12)14(16)8-11-9-18-6-5-13(11)15/h2-4,7,11,14,16H,5-6,8-9H2,1H3. The number of aliphatic hydroxyl groups is 1. The van der Waals surface area contributed by atoms with Crippen molar-refractivity contribution in [2.75, 3.05) is 20.3 Å². The van der Waals surface area contributed by atoms with E-state index in [0.29, 0.717) is 31.8 Å². The third-order valence-electron chi connectivity index (χ3n) is 3.25. The summed E-state index contributed by atoms with van der Waals surface area (Å²) < 4.78 is 10.4. The molecule has 0 amide bonds. The highest BCUT2D eigenvalue weighted by Gasteiger charge is 2.26. The van der Waals surface area contributed by atoms with Crippen LogP contribution in [-0.2, 0) is 9.53 Å². The average Bonchev–Trinajstić information content (AvgIpc) is 2.41. The van der Waals surface area contributed by atoms with E-state index in [1.165, 1.54) is 0 Å². The van der Waals surface area contributed by atoms with Gasteiger partial charge in [-0.25, -0.2) is 0 Å². The summed E-state index contributed by atoms with van der Waals surface area (Å²) in [6, 6.07) is 7.28. The smallest absolute Gasteiger partial charge is 0.140 e. The molecule has 2 rings (SSSR count). The molecule has 0 saturated carbocycles. The van der Waals surface area contributed by atoms with Gasteiger partial charge in [-0.1, -0.05) is 12.1 Å². The first-order valence-electron chi connectivity index (χ1n) is 6.13. The minimum Gasteiger partial charge on any atom is -0.497 e. The van der Waals surface area contributed by atoms with E-state index in [4.69, 9.17) is 9.47 Å². The van der Waals surface area contributed by atoms with Gasteiger partial charge in [-0.15, -0.1) is 0 Å². The molecule has 1 aromatic carbocycles. The monoisotopic (exact) mass is 250 g/mol. The average molecular weight is 250 g/mol. The quantitative estimate of drug-likeness (QED) is 0.884. The minimum absolute atomic E-state index is 0.184. The summed E-state index contributed by atoms with van der Waals surface area (Å²) in [6.07, 6.45) is 0.206. The van der Waals surface area contributed by atoms with Crippen molar-refractivity contribution in [1.29, 1.82) is 0 Å². The first kappa shape index (κ1) is 13.1. The van der Waals surface area contributed by atoms with E-state index in [9.17, 15) is 9.90 Å². The van der Waals surface area contributed by atoms with Crippen molar-refractivity contribution in [3.63, 3.8) is 0 Å². The van der Waals surface area contributed by atoms with Gasteiger partial charge in [-0.3, -0.25) is 4.79 Å². The Morgan fingerprint density at radius 1 is 1.56 bits per heavy atom. The Hall–Kier alpha value is -1.39. The fraction of sp³-hybridized carbons (Fsp3) is 0.500. The molecule has 1 aliphatic rings. The molecule has 98 valence electrons. The van der Waals surface area contributed by atoms with E-state index in [2.05, 4.69) is 0 Å². The van der Waals surface area contributed by atoms with Crippen molar-refractivity contribution in [2.24, 2.45) is 5.92 Å². The molecule has 2 unspecified atom stereocenters. The van der Waals surface area contributed by atoms with Crippen LogP contribution >= 0.6 is 0 Å². The van der Waals surface area contributed by atoms with E-state index in [-0.39, 0.29) is 11.7 Å². The van der Waals surface area contributed by atoms with E-state index >= 15 is 0 Å². The molecule has 4 nitrogen and oxygen atoms in total. The van der Waals surface area contributed by atoms with E-state index in [1.807, 2.05) is 18.2 Å². The normalized spacial score (nSPS) is 21.7. The Labute approximate surface area is 107 Å². The van der Waals surface area contributed by atoms with Gasteiger partial charge in [0.25, 0.3) is 0 Å². The predicted molar refractivity (Wildman–Crippen MR) is 66.5 cm³/mol. The number of carbonyl (C=O) groups excluding carboxylic acids is 1. The maximum atomic E-state index is 11.7. The number of Topliss-reactive ketones (excluding diaryl/α,β-unsaturated/α-hetero) is 1. The topological polar surface area (TPSA) is 55.8 Å². The van der Waals surface area contributed by atoms with Gasteiger partial charge >= 0.3 is 0 Å². The van der Waals surface area contributed by atoms with Crippen LogP contribution in [0, 0.1) is 5.92 Å². The number of aliphatic hydroxyl groups excluding tert-OH is 1. The highest BCUT2D eigenvalue weighted by atomic mass is 16.5. The van der Waals surface area contributed by atoms with Crippen molar-refractivity contribution in [1.82, 2.24) is 0 Å². The summed E-state index contributed by atoms with van der Waals surface area (Å²) >= 11 is 0. The fourth-order valence-corrected chi connectivity index (χ4v) is 2.15. The molecule has 1 N–H and O–H groups in total. The largest absolute Gasteiger partial charge is 0.497 e. The van der Waals surface area contributed by atoms with Crippen molar-refractivity contribution in [3.05, 3.63) is 29.8 Å². The summed E-state index contributed by atoms with van der Waals surface area (Å²) in [5.41, 5.74) is 0.771. The third kappa shape index (κ3) is 3.09.